The molecule has 170 valence electrons. The lowest BCUT2D eigenvalue weighted by Crippen LogP contribution is -2.33. The van der Waals surface area contributed by atoms with Gasteiger partial charge in [0.1, 0.15) is 22.9 Å². The molecule has 3 aromatic rings. The number of thiophene rings is 1. The highest BCUT2D eigenvalue weighted by molar-refractivity contribution is 7.18. The van der Waals surface area contributed by atoms with Gasteiger partial charge in [0.2, 0.25) is 5.91 Å². The second kappa shape index (κ2) is 9.21. The number of hydrogen-bond acceptors (Lipinski definition) is 6. The van der Waals surface area contributed by atoms with E-state index in [4.69, 9.17) is 21.3 Å². The van der Waals surface area contributed by atoms with Gasteiger partial charge in [-0.1, -0.05) is 11.6 Å². The summed E-state index contributed by atoms with van der Waals surface area (Å²) in [6.45, 7) is 8.17. The number of benzene rings is 1. The first-order valence-corrected chi connectivity index (χ1v) is 11.8. The minimum absolute atomic E-state index is 0.121. The molecule has 0 saturated carbocycles. The Bertz CT molecular complexity index is 1240. The quantitative estimate of drug-likeness (QED) is 0.577. The van der Waals surface area contributed by atoms with Crippen LogP contribution < -0.4 is 15.6 Å². The zero-order valence-electron chi connectivity index (χ0n) is 18.7. The van der Waals surface area contributed by atoms with E-state index in [2.05, 4.69) is 10.2 Å². The summed E-state index contributed by atoms with van der Waals surface area (Å²) in [7, 11) is 1.52. The molecule has 0 unspecified atom stereocenters. The Morgan fingerprint density at radius 1 is 1.25 bits per heavy atom. The van der Waals surface area contributed by atoms with Crippen LogP contribution in [0.25, 0.3) is 10.2 Å². The number of methoxy groups -OCH3 is 1. The number of nitrogens with zero attached hydrogens (tertiary/aromatic N) is 3. The van der Waals surface area contributed by atoms with Gasteiger partial charge in [-0.15, -0.1) is 11.3 Å². The van der Waals surface area contributed by atoms with Gasteiger partial charge in [-0.05, 0) is 63.9 Å². The first-order chi connectivity index (χ1) is 15.3. The highest BCUT2D eigenvalue weighted by atomic mass is 35.5. The smallest absolute Gasteiger partial charge is 0.263 e. The molecule has 1 N–H and O–H groups in total. The summed E-state index contributed by atoms with van der Waals surface area (Å²) >= 11 is 7.71. The standard InChI is InChI=1S/C23H27ClN4O3S/c1-13-9-17(18(31-4)10-16(13)24)25-20(29)12-28-19(11-27-7-5-6-8-27)26-22-21(23(28)30)14(2)15(3)32-22/h9-10H,5-8,11-12H2,1-4H3,(H,25,29). The van der Waals surface area contributed by atoms with Crippen molar-refractivity contribution in [2.45, 2.75) is 46.7 Å². The van der Waals surface area contributed by atoms with E-state index in [1.165, 1.54) is 23.0 Å². The Kier molecular flexibility index (Phi) is 6.55. The van der Waals surface area contributed by atoms with Crippen LogP contribution in [0.2, 0.25) is 5.02 Å². The van der Waals surface area contributed by atoms with E-state index in [9.17, 15) is 9.59 Å². The molecule has 1 saturated heterocycles. The number of halogens is 1. The number of fused-ring (bicyclic) bond motifs is 1. The van der Waals surface area contributed by atoms with Crippen molar-refractivity contribution in [2.75, 3.05) is 25.5 Å². The average Bonchev–Trinajstić information content (AvgIpc) is 3.35. The monoisotopic (exact) mass is 474 g/mol. The van der Waals surface area contributed by atoms with Crippen LogP contribution >= 0.6 is 22.9 Å². The molecule has 1 amide bonds. The van der Waals surface area contributed by atoms with Crippen molar-refractivity contribution < 1.29 is 9.53 Å². The van der Waals surface area contributed by atoms with E-state index in [1.54, 1.807) is 12.1 Å². The number of ether oxygens (including phenoxy) is 1. The largest absolute Gasteiger partial charge is 0.495 e. The van der Waals surface area contributed by atoms with Crippen molar-refractivity contribution in [1.82, 2.24) is 14.5 Å². The van der Waals surface area contributed by atoms with E-state index in [0.717, 1.165) is 46.8 Å². The summed E-state index contributed by atoms with van der Waals surface area (Å²) in [5, 5.41) is 4.03. The molecule has 3 heterocycles. The van der Waals surface area contributed by atoms with E-state index in [0.29, 0.717) is 34.2 Å². The summed E-state index contributed by atoms with van der Waals surface area (Å²) in [6, 6.07) is 3.43. The molecule has 7 nitrogen and oxygen atoms in total. The van der Waals surface area contributed by atoms with Crippen LogP contribution in [0.3, 0.4) is 0 Å². The first kappa shape index (κ1) is 22.8. The number of amides is 1. The fourth-order valence-corrected chi connectivity index (χ4v) is 5.25. The van der Waals surface area contributed by atoms with E-state index in [-0.39, 0.29) is 18.0 Å². The molecule has 1 aromatic carbocycles. The number of carbonyl (C=O) groups is 1. The third kappa shape index (κ3) is 4.40. The highest BCUT2D eigenvalue weighted by Gasteiger charge is 2.21. The number of likely N-dealkylation sites (tertiary alicyclic amines) is 1. The summed E-state index contributed by atoms with van der Waals surface area (Å²) in [5.41, 5.74) is 2.10. The molecule has 32 heavy (non-hydrogen) atoms. The van der Waals surface area contributed by atoms with Crippen LogP contribution in [0.5, 0.6) is 5.75 Å². The maximum Gasteiger partial charge on any atom is 0.263 e. The van der Waals surface area contributed by atoms with Crippen molar-refractivity contribution in [3.8, 4) is 5.75 Å². The number of aryl methyl sites for hydroxylation is 3. The Morgan fingerprint density at radius 2 is 1.97 bits per heavy atom. The molecule has 4 rings (SSSR count). The number of anilines is 1. The zero-order valence-corrected chi connectivity index (χ0v) is 20.3. The molecule has 2 aromatic heterocycles. The van der Waals surface area contributed by atoms with Crippen molar-refractivity contribution >= 4 is 44.7 Å². The number of hydrogen-bond donors (Lipinski definition) is 1. The minimum Gasteiger partial charge on any atom is -0.495 e. The predicted octanol–water partition coefficient (Wildman–Crippen LogP) is 4.28. The van der Waals surface area contributed by atoms with Crippen molar-refractivity contribution in [3.63, 3.8) is 0 Å². The SMILES string of the molecule is COc1cc(Cl)c(C)cc1NC(=O)Cn1c(CN2CCCC2)nc2sc(C)c(C)c2c1=O. The highest BCUT2D eigenvalue weighted by Crippen LogP contribution is 2.31. The number of aromatic nitrogens is 2. The second-order valence-electron chi connectivity index (χ2n) is 8.22. The lowest BCUT2D eigenvalue weighted by Gasteiger charge is -2.18. The fraction of sp³-hybridized carbons (Fsp3) is 0.435. The normalized spacial score (nSPS) is 14.3. The summed E-state index contributed by atoms with van der Waals surface area (Å²) in [4.78, 5) is 35.4. The van der Waals surface area contributed by atoms with Crippen LogP contribution in [-0.2, 0) is 17.9 Å². The predicted molar refractivity (Wildman–Crippen MR) is 129 cm³/mol. The van der Waals surface area contributed by atoms with Crippen molar-refractivity contribution in [3.05, 3.63) is 49.3 Å². The molecule has 0 atom stereocenters. The minimum atomic E-state index is -0.319. The maximum absolute atomic E-state index is 13.5. The van der Waals surface area contributed by atoms with Gasteiger partial charge in [0.05, 0.1) is 24.7 Å². The lowest BCUT2D eigenvalue weighted by atomic mass is 10.2. The third-order valence-electron chi connectivity index (χ3n) is 5.99. The summed E-state index contributed by atoms with van der Waals surface area (Å²) in [6.07, 6.45) is 2.28. The molecular weight excluding hydrogens is 448 g/mol. The van der Waals surface area contributed by atoms with E-state index in [1.807, 2.05) is 20.8 Å². The average molecular weight is 475 g/mol. The molecule has 9 heteroatoms. The van der Waals surface area contributed by atoms with Gasteiger partial charge in [-0.25, -0.2) is 4.98 Å². The molecule has 1 aliphatic rings. The van der Waals surface area contributed by atoms with Crippen molar-refractivity contribution in [1.29, 1.82) is 0 Å². The number of rotatable bonds is 6. The van der Waals surface area contributed by atoms with Gasteiger partial charge < -0.3 is 10.1 Å². The fourth-order valence-electron chi connectivity index (χ4n) is 4.06. The summed E-state index contributed by atoms with van der Waals surface area (Å²) in [5.74, 6) is 0.775. The molecule has 1 fully saturated rings. The molecule has 0 spiro atoms. The Morgan fingerprint density at radius 3 is 2.66 bits per heavy atom. The maximum atomic E-state index is 13.5. The van der Waals surface area contributed by atoms with Crippen LogP contribution in [0.15, 0.2) is 16.9 Å². The van der Waals surface area contributed by atoms with Gasteiger partial charge in [0.15, 0.2) is 0 Å². The molecule has 0 aliphatic carbocycles. The van der Waals surface area contributed by atoms with Gasteiger partial charge in [0, 0.05) is 16.0 Å². The van der Waals surface area contributed by atoms with Gasteiger partial charge in [-0.3, -0.25) is 19.1 Å². The zero-order chi connectivity index (χ0) is 23.0. The topological polar surface area (TPSA) is 76.5 Å². The Hall–Kier alpha value is -2.42. The van der Waals surface area contributed by atoms with Crippen LogP contribution in [0.1, 0.15) is 34.7 Å². The van der Waals surface area contributed by atoms with E-state index < -0.39 is 0 Å². The third-order valence-corrected chi connectivity index (χ3v) is 7.50. The molecule has 0 radical (unpaired) electrons. The summed E-state index contributed by atoms with van der Waals surface area (Å²) < 4.78 is 6.88. The molecular formula is C23H27ClN4O3S. The first-order valence-electron chi connectivity index (χ1n) is 10.6. The second-order valence-corrected chi connectivity index (χ2v) is 9.83. The van der Waals surface area contributed by atoms with Crippen LogP contribution in [0.4, 0.5) is 5.69 Å². The molecule has 1 aliphatic heterocycles. The van der Waals surface area contributed by atoms with E-state index >= 15 is 0 Å². The van der Waals surface area contributed by atoms with Crippen molar-refractivity contribution in [2.24, 2.45) is 0 Å². The number of nitrogens with one attached hydrogen (secondary N) is 1. The molecule has 0 bridgehead atoms. The lowest BCUT2D eigenvalue weighted by molar-refractivity contribution is -0.116. The van der Waals surface area contributed by atoms with Gasteiger partial charge in [-0.2, -0.15) is 0 Å². The van der Waals surface area contributed by atoms with Crippen LogP contribution in [0, 0.1) is 20.8 Å². The Labute approximate surface area is 196 Å². The number of carbonyl (C=O) groups excluding carboxylic acids is 1. The Balaban J connectivity index is 1.70. The van der Waals surface area contributed by atoms with Gasteiger partial charge >= 0.3 is 0 Å². The van der Waals surface area contributed by atoms with Gasteiger partial charge in [0.25, 0.3) is 5.56 Å². The van der Waals surface area contributed by atoms with Crippen LogP contribution in [-0.4, -0.2) is 40.6 Å².